The molecular weight excluding hydrogens is 134 g/mol. The van der Waals surface area contributed by atoms with Crippen molar-refractivity contribution in [3.63, 3.8) is 0 Å². The molecule has 11 heavy (non-hydrogen) atoms. The van der Waals surface area contributed by atoms with Crippen molar-refractivity contribution in [1.82, 2.24) is 4.98 Å². The second kappa shape index (κ2) is 2.12. The molecule has 0 aliphatic rings. The van der Waals surface area contributed by atoms with Crippen molar-refractivity contribution < 1.29 is 0 Å². The number of fused-ring (bicyclic) bond motifs is 1. The number of benzene rings is 1. The summed E-state index contributed by atoms with van der Waals surface area (Å²) in [5.41, 5.74) is 3.54. The minimum Gasteiger partial charge on any atom is -0.361 e. The van der Waals surface area contributed by atoms with Crippen molar-refractivity contribution in [3.8, 4) is 0 Å². The molecule has 0 atom stereocenters. The first-order chi connectivity index (χ1) is 5.29. The van der Waals surface area contributed by atoms with E-state index in [1.54, 1.807) is 0 Å². The van der Waals surface area contributed by atoms with Crippen LogP contribution in [0.2, 0.25) is 0 Å². The van der Waals surface area contributed by atoms with Gasteiger partial charge in [0, 0.05) is 17.1 Å². The van der Waals surface area contributed by atoms with Crippen LogP contribution in [0.5, 0.6) is 0 Å². The van der Waals surface area contributed by atoms with Crippen LogP contribution in [0.3, 0.4) is 0 Å². The Morgan fingerprint density at radius 3 is 2.91 bits per heavy atom. The minimum absolute atomic E-state index is 1.10. The van der Waals surface area contributed by atoms with Crippen molar-refractivity contribution >= 4 is 10.9 Å². The van der Waals surface area contributed by atoms with E-state index in [4.69, 9.17) is 0 Å². The van der Waals surface area contributed by atoms with Gasteiger partial charge in [-0.1, -0.05) is 12.1 Å². The molecule has 55 valence electrons. The molecule has 2 aromatic rings. The van der Waals surface area contributed by atoms with Crippen LogP contribution in [0, 0.1) is 13.8 Å². The van der Waals surface area contributed by atoms with Gasteiger partial charge >= 0.3 is 0 Å². The monoisotopic (exact) mass is 144 g/mol. The standard InChI is InChI=1S/C10H10N/c1-7-4-3-5-9-10(7)8(2)6-11-9/h3-6,11H,1H2,2H3. The van der Waals surface area contributed by atoms with Gasteiger partial charge in [0.05, 0.1) is 0 Å². The predicted molar refractivity (Wildman–Crippen MR) is 47.5 cm³/mol. The Hall–Kier alpha value is -1.24. The summed E-state index contributed by atoms with van der Waals surface area (Å²) < 4.78 is 0. The minimum atomic E-state index is 1.10. The van der Waals surface area contributed by atoms with Crippen LogP contribution >= 0.6 is 0 Å². The smallest absolute Gasteiger partial charge is 0.0459 e. The number of H-pyrrole nitrogens is 1. The van der Waals surface area contributed by atoms with E-state index >= 15 is 0 Å². The van der Waals surface area contributed by atoms with Crippen molar-refractivity contribution in [2.45, 2.75) is 6.92 Å². The molecule has 1 aromatic heterocycles. The average Bonchev–Trinajstić information content (AvgIpc) is 2.34. The summed E-state index contributed by atoms with van der Waals surface area (Å²) in [6.07, 6.45) is 2.01. The molecule has 2 rings (SSSR count). The third-order valence-electron chi connectivity index (χ3n) is 1.99. The van der Waals surface area contributed by atoms with E-state index in [1.807, 2.05) is 18.3 Å². The number of nitrogens with one attached hydrogen (secondary N) is 1. The lowest BCUT2D eigenvalue weighted by molar-refractivity contribution is 1.43. The number of aryl methyl sites for hydroxylation is 1. The molecule has 0 saturated heterocycles. The highest BCUT2D eigenvalue weighted by atomic mass is 14.7. The van der Waals surface area contributed by atoms with Gasteiger partial charge < -0.3 is 4.98 Å². The SMILES string of the molecule is [CH2]c1cccc2[nH]cc(C)c12. The third-order valence-corrected chi connectivity index (χ3v) is 1.99. The molecule has 0 amide bonds. The Bertz CT molecular complexity index is 385. The topological polar surface area (TPSA) is 15.8 Å². The zero-order valence-electron chi connectivity index (χ0n) is 6.52. The Labute approximate surface area is 66.1 Å². The fraction of sp³-hybridized carbons (Fsp3) is 0.100. The largest absolute Gasteiger partial charge is 0.361 e. The summed E-state index contributed by atoms with van der Waals surface area (Å²) in [6, 6.07) is 6.11. The van der Waals surface area contributed by atoms with Crippen LogP contribution in [0.4, 0.5) is 0 Å². The number of aromatic amines is 1. The lowest BCUT2D eigenvalue weighted by Crippen LogP contribution is -1.74. The van der Waals surface area contributed by atoms with Crippen molar-refractivity contribution in [2.75, 3.05) is 0 Å². The van der Waals surface area contributed by atoms with Gasteiger partial charge in [0.1, 0.15) is 0 Å². The molecule has 0 unspecified atom stereocenters. The zero-order valence-corrected chi connectivity index (χ0v) is 6.52. The van der Waals surface area contributed by atoms with Crippen molar-refractivity contribution in [3.05, 3.63) is 42.4 Å². The molecular formula is C10H10N. The van der Waals surface area contributed by atoms with E-state index in [-0.39, 0.29) is 0 Å². The first kappa shape index (κ1) is 6.47. The first-order valence-corrected chi connectivity index (χ1v) is 3.67. The van der Waals surface area contributed by atoms with Crippen LogP contribution in [0.25, 0.3) is 10.9 Å². The van der Waals surface area contributed by atoms with E-state index in [0.29, 0.717) is 0 Å². The fourth-order valence-corrected chi connectivity index (χ4v) is 1.44. The molecule has 1 heteroatoms. The lowest BCUT2D eigenvalue weighted by Gasteiger charge is -1.95. The average molecular weight is 144 g/mol. The van der Waals surface area contributed by atoms with E-state index in [0.717, 1.165) is 5.56 Å². The van der Waals surface area contributed by atoms with Crippen molar-refractivity contribution in [1.29, 1.82) is 0 Å². The van der Waals surface area contributed by atoms with Crippen LogP contribution in [-0.2, 0) is 0 Å². The summed E-state index contributed by atoms with van der Waals surface area (Å²) in [6.45, 7) is 6.05. The van der Waals surface area contributed by atoms with Gasteiger partial charge in [0.15, 0.2) is 0 Å². The number of hydrogen-bond acceptors (Lipinski definition) is 0. The molecule has 0 aliphatic heterocycles. The number of rotatable bonds is 0. The second-order valence-electron chi connectivity index (χ2n) is 2.81. The van der Waals surface area contributed by atoms with Crippen molar-refractivity contribution in [2.24, 2.45) is 0 Å². The molecule has 0 fully saturated rings. The Kier molecular flexibility index (Phi) is 1.25. The van der Waals surface area contributed by atoms with Gasteiger partial charge in [-0.2, -0.15) is 0 Å². The van der Waals surface area contributed by atoms with E-state index in [1.165, 1.54) is 16.5 Å². The molecule has 0 spiro atoms. The number of hydrogen-bond donors (Lipinski definition) is 1. The quantitative estimate of drug-likeness (QED) is 0.585. The maximum absolute atomic E-state index is 3.96. The van der Waals surface area contributed by atoms with Gasteiger partial charge in [0.25, 0.3) is 0 Å². The summed E-state index contributed by atoms with van der Waals surface area (Å²) in [7, 11) is 0. The van der Waals surface area contributed by atoms with E-state index < -0.39 is 0 Å². The lowest BCUT2D eigenvalue weighted by atomic mass is 10.1. The molecule has 1 N–H and O–H groups in total. The van der Waals surface area contributed by atoms with Gasteiger partial charge in [-0.3, -0.25) is 0 Å². The number of aromatic nitrogens is 1. The first-order valence-electron chi connectivity index (χ1n) is 3.67. The molecule has 1 nitrogen and oxygen atoms in total. The Balaban J connectivity index is 2.96. The third kappa shape index (κ3) is 0.845. The Morgan fingerprint density at radius 1 is 1.36 bits per heavy atom. The Morgan fingerprint density at radius 2 is 2.18 bits per heavy atom. The zero-order chi connectivity index (χ0) is 7.84. The van der Waals surface area contributed by atoms with Crippen LogP contribution < -0.4 is 0 Å². The highest BCUT2D eigenvalue weighted by Crippen LogP contribution is 2.20. The summed E-state index contributed by atoms with van der Waals surface area (Å²) in [4.78, 5) is 3.19. The van der Waals surface area contributed by atoms with Crippen LogP contribution in [-0.4, -0.2) is 4.98 Å². The van der Waals surface area contributed by atoms with Gasteiger partial charge in [0.2, 0.25) is 0 Å². The van der Waals surface area contributed by atoms with Crippen LogP contribution in [0.15, 0.2) is 24.4 Å². The summed E-state index contributed by atoms with van der Waals surface area (Å²) in [5.74, 6) is 0. The van der Waals surface area contributed by atoms with Gasteiger partial charge in [-0.25, -0.2) is 0 Å². The molecule has 0 aliphatic carbocycles. The summed E-state index contributed by atoms with van der Waals surface area (Å²) >= 11 is 0. The van der Waals surface area contributed by atoms with E-state index in [9.17, 15) is 0 Å². The molecule has 0 bridgehead atoms. The fourth-order valence-electron chi connectivity index (χ4n) is 1.44. The van der Waals surface area contributed by atoms with E-state index in [2.05, 4.69) is 24.9 Å². The van der Waals surface area contributed by atoms with Crippen LogP contribution in [0.1, 0.15) is 11.1 Å². The highest BCUT2D eigenvalue weighted by molar-refractivity contribution is 5.86. The molecule has 1 radical (unpaired) electrons. The van der Waals surface area contributed by atoms with Gasteiger partial charge in [-0.05, 0) is 31.0 Å². The highest BCUT2D eigenvalue weighted by Gasteiger charge is 1.99. The molecule has 1 heterocycles. The van der Waals surface area contributed by atoms with Gasteiger partial charge in [-0.15, -0.1) is 0 Å². The summed E-state index contributed by atoms with van der Waals surface area (Å²) in [5, 5.41) is 1.26. The molecule has 0 saturated carbocycles. The normalized spacial score (nSPS) is 10.7. The second-order valence-corrected chi connectivity index (χ2v) is 2.81. The molecule has 1 aromatic carbocycles. The predicted octanol–water partition coefficient (Wildman–Crippen LogP) is 2.66. The maximum atomic E-state index is 3.96. The maximum Gasteiger partial charge on any atom is 0.0459 e.